The molecule has 0 aromatic heterocycles. The van der Waals surface area contributed by atoms with Crippen molar-refractivity contribution >= 4 is 29.1 Å². The summed E-state index contributed by atoms with van der Waals surface area (Å²) < 4.78 is 5.45. The van der Waals surface area contributed by atoms with Crippen molar-refractivity contribution < 1.29 is 24.2 Å². The van der Waals surface area contributed by atoms with Gasteiger partial charge >= 0.3 is 11.8 Å². The van der Waals surface area contributed by atoms with Gasteiger partial charge in [-0.2, -0.15) is 0 Å². The lowest BCUT2D eigenvalue weighted by Gasteiger charge is -2.27. The Morgan fingerprint density at radius 2 is 1.97 bits per heavy atom. The van der Waals surface area contributed by atoms with Crippen LogP contribution in [-0.2, 0) is 20.8 Å². The standard InChI is InChI=1S/C23H25N3O5/c27-19(15-7-8-20-16(12-15)9-11-31-20)14-24-22(29)23(30)25-17-4-3-5-18(13-17)26-10-2-1-6-21(26)28/h3-5,7-8,12-13,19,27H,1-2,6,9-11,14H2,(H,24,29)(H,25,30)/t19-/m0/s1. The lowest BCUT2D eigenvalue weighted by Crippen LogP contribution is -2.38. The highest BCUT2D eigenvalue weighted by atomic mass is 16.5. The van der Waals surface area contributed by atoms with E-state index in [0.717, 1.165) is 30.6 Å². The maximum Gasteiger partial charge on any atom is 0.313 e. The summed E-state index contributed by atoms with van der Waals surface area (Å²) in [6.07, 6.45) is 2.18. The van der Waals surface area contributed by atoms with Crippen molar-refractivity contribution in [3.63, 3.8) is 0 Å². The molecule has 2 aromatic carbocycles. The number of carbonyl (C=O) groups is 3. The van der Waals surface area contributed by atoms with Gasteiger partial charge in [0, 0.05) is 37.3 Å². The molecule has 1 atom stereocenters. The Balaban J connectivity index is 1.32. The molecule has 2 aromatic rings. The first kappa shape index (κ1) is 20.9. The Morgan fingerprint density at radius 1 is 1.10 bits per heavy atom. The zero-order valence-corrected chi connectivity index (χ0v) is 17.1. The summed E-state index contributed by atoms with van der Waals surface area (Å²) in [5.74, 6) is -0.813. The normalized spacial score (nSPS) is 16.3. The highest BCUT2D eigenvalue weighted by molar-refractivity contribution is 6.39. The third-order valence-corrected chi connectivity index (χ3v) is 5.50. The summed E-state index contributed by atoms with van der Waals surface area (Å²) in [5.41, 5.74) is 2.80. The first-order valence-corrected chi connectivity index (χ1v) is 10.4. The van der Waals surface area contributed by atoms with Gasteiger partial charge in [-0.3, -0.25) is 14.4 Å². The minimum Gasteiger partial charge on any atom is -0.493 e. The van der Waals surface area contributed by atoms with Crippen LogP contribution in [0.25, 0.3) is 0 Å². The van der Waals surface area contributed by atoms with Gasteiger partial charge in [0.1, 0.15) is 5.75 Å². The topological polar surface area (TPSA) is 108 Å². The van der Waals surface area contributed by atoms with Crippen LogP contribution >= 0.6 is 0 Å². The molecule has 1 saturated heterocycles. The van der Waals surface area contributed by atoms with Gasteiger partial charge in [0.15, 0.2) is 0 Å². The van der Waals surface area contributed by atoms with Crippen LogP contribution in [0.1, 0.15) is 36.5 Å². The van der Waals surface area contributed by atoms with Crippen molar-refractivity contribution in [3.8, 4) is 5.75 Å². The van der Waals surface area contributed by atoms with Crippen molar-refractivity contribution in [2.24, 2.45) is 0 Å². The van der Waals surface area contributed by atoms with E-state index in [1.54, 1.807) is 41.3 Å². The zero-order chi connectivity index (χ0) is 21.8. The average Bonchev–Trinajstić information content (AvgIpc) is 3.25. The number of nitrogens with one attached hydrogen (secondary N) is 2. The molecule has 162 valence electrons. The molecule has 8 heteroatoms. The number of anilines is 2. The molecule has 2 heterocycles. The molecule has 0 saturated carbocycles. The molecule has 0 aliphatic carbocycles. The number of rotatable bonds is 5. The first-order valence-electron chi connectivity index (χ1n) is 10.4. The molecular weight excluding hydrogens is 398 g/mol. The molecule has 0 spiro atoms. The van der Waals surface area contributed by atoms with Crippen LogP contribution in [0.2, 0.25) is 0 Å². The summed E-state index contributed by atoms with van der Waals surface area (Å²) >= 11 is 0. The SMILES string of the molecule is O=C(NC[C@H](O)c1ccc2c(c1)CCO2)C(=O)Nc1cccc(N2CCCCC2=O)c1. The second-order valence-corrected chi connectivity index (χ2v) is 7.70. The molecule has 2 aliphatic heterocycles. The second kappa shape index (κ2) is 9.18. The molecule has 8 nitrogen and oxygen atoms in total. The van der Waals surface area contributed by atoms with Gasteiger partial charge in [0.05, 0.1) is 12.7 Å². The predicted octanol–water partition coefficient (Wildman–Crippen LogP) is 1.93. The zero-order valence-electron chi connectivity index (χ0n) is 17.1. The van der Waals surface area contributed by atoms with Crippen LogP contribution in [0, 0.1) is 0 Å². The number of nitrogens with zero attached hydrogens (tertiary/aromatic N) is 1. The fourth-order valence-electron chi connectivity index (χ4n) is 3.82. The van der Waals surface area contributed by atoms with E-state index in [9.17, 15) is 19.5 Å². The fraction of sp³-hybridized carbons (Fsp3) is 0.348. The van der Waals surface area contributed by atoms with Crippen molar-refractivity contribution in [3.05, 3.63) is 53.6 Å². The van der Waals surface area contributed by atoms with Crippen LogP contribution in [0.4, 0.5) is 11.4 Å². The first-order chi connectivity index (χ1) is 15.0. The molecular formula is C23H25N3O5. The average molecular weight is 423 g/mol. The van der Waals surface area contributed by atoms with Crippen LogP contribution in [0.15, 0.2) is 42.5 Å². The van der Waals surface area contributed by atoms with Crippen LogP contribution in [-0.4, -0.2) is 42.5 Å². The van der Waals surface area contributed by atoms with Gasteiger partial charge in [-0.25, -0.2) is 0 Å². The Morgan fingerprint density at radius 3 is 2.81 bits per heavy atom. The van der Waals surface area contributed by atoms with Crippen molar-refractivity contribution in [2.75, 3.05) is 29.9 Å². The third-order valence-electron chi connectivity index (χ3n) is 5.50. The fourth-order valence-corrected chi connectivity index (χ4v) is 3.82. The molecule has 2 aliphatic rings. The Bertz CT molecular complexity index is 1010. The summed E-state index contributed by atoms with van der Waals surface area (Å²) in [4.78, 5) is 38.3. The summed E-state index contributed by atoms with van der Waals surface area (Å²) in [7, 11) is 0. The maximum atomic E-state index is 12.3. The van der Waals surface area contributed by atoms with Gasteiger partial charge in [-0.15, -0.1) is 0 Å². The minimum absolute atomic E-state index is 0.0552. The molecule has 0 bridgehead atoms. The van der Waals surface area contributed by atoms with E-state index >= 15 is 0 Å². The number of aliphatic hydroxyl groups is 1. The number of carbonyl (C=O) groups excluding carboxylic acids is 3. The largest absolute Gasteiger partial charge is 0.493 e. The van der Waals surface area contributed by atoms with Gasteiger partial charge in [-0.05, 0) is 54.3 Å². The molecule has 0 radical (unpaired) electrons. The summed E-state index contributed by atoms with van der Waals surface area (Å²) in [6, 6.07) is 12.3. The Kier molecular flexibility index (Phi) is 6.18. The Labute approximate surface area is 180 Å². The van der Waals surface area contributed by atoms with E-state index in [0.29, 0.717) is 36.5 Å². The quantitative estimate of drug-likeness (QED) is 0.637. The van der Waals surface area contributed by atoms with E-state index in [1.165, 1.54) is 0 Å². The highest BCUT2D eigenvalue weighted by Crippen LogP contribution is 2.28. The highest BCUT2D eigenvalue weighted by Gasteiger charge is 2.21. The predicted molar refractivity (Wildman–Crippen MR) is 115 cm³/mol. The van der Waals surface area contributed by atoms with Gasteiger partial charge in [0.2, 0.25) is 5.91 Å². The molecule has 4 rings (SSSR count). The van der Waals surface area contributed by atoms with E-state index in [4.69, 9.17) is 4.74 Å². The van der Waals surface area contributed by atoms with Gasteiger partial charge in [-0.1, -0.05) is 12.1 Å². The number of fused-ring (bicyclic) bond motifs is 1. The van der Waals surface area contributed by atoms with Gasteiger partial charge < -0.3 is 25.4 Å². The Hall–Kier alpha value is -3.39. The lowest BCUT2D eigenvalue weighted by molar-refractivity contribution is -0.136. The van der Waals surface area contributed by atoms with Crippen molar-refractivity contribution in [2.45, 2.75) is 31.8 Å². The molecule has 3 N–H and O–H groups in total. The van der Waals surface area contributed by atoms with Crippen molar-refractivity contribution in [1.82, 2.24) is 5.32 Å². The minimum atomic E-state index is -0.934. The number of hydrogen-bond acceptors (Lipinski definition) is 5. The molecule has 3 amide bonds. The number of amides is 3. The number of piperidine rings is 1. The monoisotopic (exact) mass is 423 g/mol. The van der Waals surface area contributed by atoms with E-state index in [-0.39, 0.29) is 12.5 Å². The van der Waals surface area contributed by atoms with E-state index in [1.807, 2.05) is 6.07 Å². The smallest absolute Gasteiger partial charge is 0.313 e. The number of aliphatic hydroxyl groups excluding tert-OH is 1. The second-order valence-electron chi connectivity index (χ2n) is 7.70. The third kappa shape index (κ3) is 4.86. The van der Waals surface area contributed by atoms with E-state index < -0.39 is 17.9 Å². The van der Waals surface area contributed by atoms with E-state index in [2.05, 4.69) is 10.6 Å². The van der Waals surface area contributed by atoms with Crippen LogP contribution < -0.4 is 20.3 Å². The molecule has 1 fully saturated rings. The van der Waals surface area contributed by atoms with Crippen LogP contribution in [0.5, 0.6) is 5.75 Å². The number of hydrogen-bond donors (Lipinski definition) is 3. The summed E-state index contributed by atoms with van der Waals surface area (Å²) in [5, 5.41) is 15.4. The van der Waals surface area contributed by atoms with Gasteiger partial charge in [0.25, 0.3) is 0 Å². The number of ether oxygens (including phenoxy) is 1. The maximum absolute atomic E-state index is 12.3. The number of benzene rings is 2. The van der Waals surface area contributed by atoms with Crippen molar-refractivity contribution in [1.29, 1.82) is 0 Å². The summed E-state index contributed by atoms with van der Waals surface area (Å²) in [6.45, 7) is 1.18. The lowest BCUT2D eigenvalue weighted by atomic mass is 10.0. The molecule has 0 unspecified atom stereocenters. The van der Waals surface area contributed by atoms with Crippen LogP contribution in [0.3, 0.4) is 0 Å². The molecule has 31 heavy (non-hydrogen) atoms.